The van der Waals surface area contributed by atoms with Crippen molar-refractivity contribution in [3.63, 3.8) is 0 Å². The van der Waals surface area contributed by atoms with Crippen LogP contribution in [0.3, 0.4) is 0 Å². The fourth-order valence-electron chi connectivity index (χ4n) is 2.57. The molecule has 7 nitrogen and oxygen atoms in total. The van der Waals surface area contributed by atoms with E-state index in [-0.39, 0.29) is 0 Å². The van der Waals surface area contributed by atoms with Gasteiger partial charge in [0.2, 0.25) is 17.8 Å². The van der Waals surface area contributed by atoms with Crippen LogP contribution in [0.4, 0.5) is 11.9 Å². The normalized spacial score (nSPS) is 21.4. The van der Waals surface area contributed by atoms with Crippen molar-refractivity contribution in [1.82, 2.24) is 24.5 Å². The zero-order valence-corrected chi connectivity index (χ0v) is 13.0. The molecule has 0 bridgehead atoms. The van der Waals surface area contributed by atoms with Gasteiger partial charge in [-0.3, -0.25) is 4.57 Å². The molecular formula is C13H19N7S. The third-order valence-electron chi connectivity index (χ3n) is 3.65. The molecule has 0 amide bonds. The monoisotopic (exact) mass is 305 g/mol. The largest absolute Gasteiger partial charge is 0.357 e. The predicted molar refractivity (Wildman–Crippen MR) is 85.1 cm³/mol. The quantitative estimate of drug-likeness (QED) is 0.871. The van der Waals surface area contributed by atoms with Gasteiger partial charge in [0.05, 0.1) is 0 Å². The van der Waals surface area contributed by atoms with E-state index < -0.39 is 0 Å². The lowest BCUT2D eigenvalue weighted by Gasteiger charge is -2.19. The lowest BCUT2D eigenvalue weighted by atomic mass is 10.2. The number of hydrogen-bond acceptors (Lipinski definition) is 7. The molecule has 1 aliphatic carbocycles. The van der Waals surface area contributed by atoms with Gasteiger partial charge in [-0.25, -0.2) is 4.98 Å². The van der Waals surface area contributed by atoms with Crippen LogP contribution in [0.15, 0.2) is 18.7 Å². The summed E-state index contributed by atoms with van der Waals surface area (Å²) in [5.74, 6) is 1.73. The third-order valence-corrected chi connectivity index (χ3v) is 4.82. The van der Waals surface area contributed by atoms with E-state index in [4.69, 9.17) is 0 Å². The van der Waals surface area contributed by atoms with E-state index in [1.54, 1.807) is 24.1 Å². The molecule has 1 saturated carbocycles. The van der Waals surface area contributed by atoms with E-state index in [1.807, 2.05) is 18.0 Å². The van der Waals surface area contributed by atoms with Crippen molar-refractivity contribution in [3.05, 3.63) is 18.7 Å². The zero-order chi connectivity index (χ0) is 14.7. The van der Waals surface area contributed by atoms with Crippen molar-refractivity contribution in [2.45, 2.75) is 30.6 Å². The lowest BCUT2D eigenvalue weighted by Crippen LogP contribution is -2.27. The molecular weight excluding hydrogens is 286 g/mol. The van der Waals surface area contributed by atoms with Crippen molar-refractivity contribution in [1.29, 1.82) is 0 Å². The average Bonchev–Trinajstić information content (AvgIpc) is 3.18. The molecule has 0 radical (unpaired) electrons. The number of imidazole rings is 1. The minimum Gasteiger partial charge on any atom is -0.357 e. The molecule has 112 valence electrons. The fraction of sp³-hybridized carbons (Fsp3) is 0.538. The van der Waals surface area contributed by atoms with E-state index in [1.165, 1.54) is 12.8 Å². The maximum Gasteiger partial charge on any atom is 0.241 e. The van der Waals surface area contributed by atoms with Crippen LogP contribution in [0.5, 0.6) is 0 Å². The lowest BCUT2D eigenvalue weighted by molar-refractivity contribution is 0.751. The number of hydrogen-bond donors (Lipinski definition) is 2. The summed E-state index contributed by atoms with van der Waals surface area (Å²) in [6.45, 7) is 0. The molecule has 2 unspecified atom stereocenters. The van der Waals surface area contributed by atoms with Crippen molar-refractivity contribution in [2.24, 2.45) is 0 Å². The highest BCUT2D eigenvalue weighted by Gasteiger charge is 2.27. The average molecular weight is 305 g/mol. The first-order valence-electron chi connectivity index (χ1n) is 7.01. The van der Waals surface area contributed by atoms with Crippen LogP contribution in [-0.2, 0) is 0 Å². The summed E-state index contributed by atoms with van der Waals surface area (Å²) in [6.07, 6.45) is 11.0. The smallest absolute Gasteiger partial charge is 0.241 e. The first-order chi connectivity index (χ1) is 10.3. The molecule has 0 aliphatic heterocycles. The van der Waals surface area contributed by atoms with E-state index in [2.05, 4.69) is 36.8 Å². The summed E-state index contributed by atoms with van der Waals surface area (Å²) in [7, 11) is 1.80. The standard InChI is InChI=1S/C13H19N7S/c1-14-11-17-12(16-9-4-3-5-10(9)21-2)19-13(18-11)20-7-6-15-8-20/h6-10H,3-5H2,1-2H3,(H2,14,16,17,18,19). The van der Waals surface area contributed by atoms with Crippen molar-refractivity contribution < 1.29 is 0 Å². The van der Waals surface area contributed by atoms with Crippen LogP contribution in [0.25, 0.3) is 5.95 Å². The van der Waals surface area contributed by atoms with Crippen LogP contribution in [-0.4, -0.2) is 49.1 Å². The van der Waals surface area contributed by atoms with Gasteiger partial charge in [-0.1, -0.05) is 6.42 Å². The number of thioether (sulfide) groups is 1. The van der Waals surface area contributed by atoms with Crippen LogP contribution >= 0.6 is 11.8 Å². The number of anilines is 2. The van der Waals surface area contributed by atoms with E-state index >= 15 is 0 Å². The second-order valence-corrected chi connectivity index (χ2v) is 6.04. The minimum absolute atomic E-state index is 0.419. The highest BCUT2D eigenvalue weighted by Crippen LogP contribution is 2.30. The molecule has 2 heterocycles. The summed E-state index contributed by atoms with van der Waals surface area (Å²) < 4.78 is 1.77. The van der Waals surface area contributed by atoms with Crippen molar-refractivity contribution >= 4 is 23.7 Å². The molecule has 1 fully saturated rings. The molecule has 3 rings (SSSR count). The van der Waals surface area contributed by atoms with E-state index in [0.29, 0.717) is 29.1 Å². The second-order valence-electron chi connectivity index (χ2n) is 4.96. The third kappa shape index (κ3) is 3.10. The van der Waals surface area contributed by atoms with Gasteiger partial charge in [0.25, 0.3) is 0 Å². The molecule has 8 heteroatoms. The highest BCUT2D eigenvalue weighted by molar-refractivity contribution is 7.99. The Kier molecular flexibility index (Phi) is 4.23. The van der Waals surface area contributed by atoms with Crippen LogP contribution < -0.4 is 10.6 Å². The van der Waals surface area contributed by atoms with Crippen LogP contribution in [0, 0.1) is 0 Å². The Bertz CT molecular complexity index is 586. The molecule has 1 aliphatic rings. The van der Waals surface area contributed by atoms with Gasteiger partial charge >= 0.3 is 0 Å². The van der Waals surface area contributed by atoms with Gasteiger partial charge in [-0.2, -0.15) is 26.7 Å². The summed E-state index contributed by atoms with van der Waals surface area (Å²) in [5, 5.41) is 7.06. The predicted octanol–water partition coefficient (Wildman–Crippen LogP) is 1.79. The number of nitrogens with zero attached hydrogens (tertiary/aromatic N) is 5. The molecule has 21 heavy (non-hydrogen) atoms. The summed E-state index contributed by atoms with van der Waals surface area (Å²) >= 11 is 1.91. The van der Waals surface area contributed by atoms with Gasteiger partial charge in [0.15, 0.2) is 0 Å². The molecule has 2 N–H and O–H groups in total. The Morgan fingerprint density at radius 1 is 1.24 bits per heavy atom. The first-order valence-corrected chi connectivity index (χ1v) is 8.30. The number of aromatic nitrogens is 5. The topological polar surface area (TPSA) is 80.5 Å². The molecule has 2 aromatic heterocycles. The maximum absolute atomic E-state index is 4.50. The molecule has 2 atom stereocenters. The van der Waals surface area contributed by atoms with Gasteiger partial charge in [-0.15, -0.1) is 0 Å². The van der Waals surface area contributed by atoms with E-state index in [9.17, 15) is 0 Å². The first kappa shape index (κ1) is 14.1. The Hall–Kier alpha value is -1.83. The highest BCUT2D eigenvalue weighted by atomic mass is 32.2. The van der Waals surface area contributed by atoms with Crippen molar-refractivity contribution in [2.75, 3.05) is 23.9 Å². The van der Waals surface area contributed by atoms with E-state index in [0.717, 1.165) is 6.42 Å². The fourth-order valence-corrected chi connectivity index (χ4v) is 3.51. The Balaban J connectivity index is 1.86. The Morgan fingerprint density at radius 2 is 2.10 bits per heavy atom. The van der Waals surface area contributed by atoms with Gasteiger partial charge in [0, 0.05) is 30.7 Å². The maximum atomic E-state index is 4.50. The summed E-state index contributed by atoms with van der Waals surface area (Å²) in [6, 6.07) is 0.419. The summed E-state index contributed by atoms with van der Waals surface area (Å²) in [4.78, 5) is 17.3. The molecule has 2 aromatic rings. The summed E-state index contributed by atoms with van der Waals surface area (Å²) in [5.41, 5.74) is 0. The van der Waals surface area contributed by atoms with Gasteiger partial charge in [-0.05, 0) is 19.1 Å². The molecule has 0 saturated heterocycles. The molecule has 0 spiro atoms. The van der Waals surface area contributed by atoms with Crippen molar-refractivity contribution in [3.8, 4) is 5.95 Å². The number of nitrogens with one attached hydrogen (secondary N) is 2. The van der Waals surface area contributed by atoms with Crippen LogP contribution in [0.1, 0.15) is 19.3 Å². The second kappa shape index (κ2) is 6.30. The minimum atomic E-state index is 0.419. The van der Waals surface area contributed by atoms with Gasteiger partial charge in [0.1, 0.15) is 6.33 Å². The Morgan fingerprint density at radius 3 is 2.81 bits per heavy atom. The zero-order valence-electron chi connectivity index (χ0n) is 12.2. The number of rotatable bonds is 5. The Labute approximate surface area is 128 Å². The van der Waals surface area contributed by atoms with Crippen LogP contribution in [0.2, 0.25) is 0 Å². The molecule has 0 aromatic carbocycles. The SMILES string of the molecule is CNc1nc(NC2CCCC2SC)nc(-n2ccnc2)n1. The van der Waals surface area contributed by atoms with Gasteiger partial charge < -0.3 is 10.6 Å².